The lowest BCUT2D eigenvalue weighted by molar-refractivity contribution is -0.121. The number of piperidine rings is 1. The highest BCUT2D eigenvalue weighted by molar-refractivity contribution is 6.21. The average molecular weight is 358 g/mol. The summed E-state index contributed by atoms with van der Waals surface area (Å²) in [6.07, 6.45) is 3.56. The first-order chi connectivity index (χ1) is 12.6. The van der Waals surface area contributed by atoms with Crippen molar-refractivity contribution in [2.75, 3.05) is 32.7 Å². The number of amides is 3. The second-order valence-electron chi connectivity index (χ2n) is 6.84. The molecule has 3 amide bonds. The molecule has 1 atom stereocenters. The number of nitrogens with one attached hydrogen (secondary N) is 1. The maximum atomic E-state index is 12.5. The highest BCUT2D eigenvalue weighted by Gasteiger charge is 2.35. The van der Waals surface area contributed by atoms with Crippen LogP contribution in [0.25, 0.3) is 0 Å². The number of carbonyl (C=O) groups excluding carboxylic acids is 3. The molecule has 1 fully saturated rings. The van der Waals surface area contributed by atoms with Crippen LogP contribution in [0, 0.1) is 0 Å². The van der Waals surface area contributed by atoms with Crippen LogP contribution < -0.4 is 11.1 Å². The molecule has 2 heterocycles. The standard InChI is InChI=1S/C19H26N4O3/c20-9-8-17(24)21-13-14-5-3-4-10-22(14)11-12-23-18(25)15-6-1-2-7-16(15)19(23)26/h1-2,6-7,14H,3-5,8-13,20H2,(H,21,24). The molecule has 0 spiro atoms. The van der Waals surface area contributed by atoms with E-state index in [2.05, 4.69) is 10.2 Å². The molecular weight excluding hydrogens is 332 g/mol. The predicted octanol–water partition coefficient (Wildman–Crippen LogP) is 0.602. The average Bonchev–Trinajstić information content (AvgIpc) is 2.90. The summed E-state index contributed by atoms with van der Waals surface area (Å²) in [4.78, 5) is 40.2. The van der Waals surface area contributed by atoms with Gasteiger partial charge in [0.2, 0.25) is 5.91 Å². The van der Waals surface area contributed by atoms with Gasteiger partial charge in [-0.15, -0.1) is 0 Å². The number of likely N-dealkylation sites (tertiary alicyclic amines) is 1. The lowest BCUT2D eigenvalue weighted by Gasteiger charge is -2.36. The van der Waals surface area contributed by atoms with Crippen molar-refractivity contribution in [2.24, 2.45) is 5.73 Å². The minimum atomic E-state index is -0.213. The monoisotopic (exact) mass is 358 g/mol. The Kier molecular flexibility index (Phi) is 6.00. The third kappa shape index (κ3) is 3.94. The van der Waals surface area contributed by atoms with Crippen molar-refractivity contribution in [2.45, 2.75) is 31.7 Å². The van der Waals surface area contributed by atoms with Gasteiger partial charge < -0.3 is 11.1 Å². The Morgan fingerprint density at radius 3 is 2.46 bits per heavy atom. The molecule has 0 aliphatic carbocycles. The number of fused-ring (bicyclic) bond motifs is 1. The molecule has 140 valence electrons. The molecule has 2 aliphatic heterocycles. The lowest BCUT2D eigenvalue weighted by Crippen LogP contribution is -2.49. The normalized spacial score (nSPS) is 20.3. The molecule has 1 aromatic rings. The van der Waals surface area contributed by atoms with Crippen LogP contribution in [0.2, 0.25) is 0 Å². The summed E-state index contributed by atoms with van der Waals surface area (Å²) in [7, 11) is 0. The van der Waals surface area contributed by atoms with Crippen LogP contribution in [0.4, 0.5) is 0 Å². The van der Waals surface area contributed by atoms with Gasteiger partial charge in [0.1, 0.15) is 0 Å². The number of nitrogens with two attached hydrogens (primary N) is 1. The molecule has 7 heteroatoms. The number of imide groups is 1. The van der Waals surface area contributed by atoms with E-state index in [1.807, 2.05) is 0 Å². The number of hydrogen-bond donors (Lipinski definition) is 2. The fourth-order valence-electron chi connectivity index (χ4n) is 3.71. The zero-order valence-electron chi connectivity index (χ0n) is 14.9. The zero-order chi connectivity index (χ0) is 18.5. The second kappa shape index (κ2) is 8.42. The van der Waals surface area contributed by atoms with Crippen molar-refractivity contribution in [3.8, 4) is 0 Å². The Morgan fingerprint density at radius 2 is 1.81 bits per heavy atom. The SMILES string of the molecule is NCCC(=O)NCC1CCCCN1CCN1C(=O)c2ccccc2C1=O. The van der Waals surface area contributed by atoms with Crippen LogP contribution >= 0.6 is 0 Å². The van der Waals surface area contributed by atoms with E-state index in [0.717, 1.165) is 25.8 Å². The first-order valence-corrected chi connectivity index (χ1v) is 9.28. The number of benzene rings is 1. The number of hydrogen-bond acceptors (Lipinski definition) is 5. The van der Waals surface area contributed by atoms with E-state index in [1.54, 1.807) is 24.3 Å². The Bertz CT molecular complexity index is 656. The van der Waals surface area contributed by atoms with Crippen LogP contribution in [0.1, 0.15) is 46.4 Å². The van der Waals surface area contributed by atoms with Gasteiger partial charge in [0.05, 0.1) is 11.1 Å². The van der Waals surface area contributed by atoms with Gasteiger partial charge in [-0.1, -0.05) is 18.6 Å². The molecule has 7 nitrogen and oxygen atoms in total. The van der Waals surface area contributed by atoms with E-state index in [4.69, 9.17) is 5.73 Å². The molecule has 1 saturated heterocycles. The zero-order valence-corrected chi connectivity index (χ0v) is 14.9. The molecule has 1 unspecified atom stereocenters. The molecule has 0 radical (unpaired) electrons. The van der Waals surface area contributed by atoms with Crippen LogP contribution in [0.5, 0.6) is 0 Å². The van der Waals surface area contributed by atoms with Crippen molar-refractivity contribution in [3.63, 3.8) is 0 Å². The molecule has 1 aromatic carbocycles. The van der Waals surface area contributed by atoms with Crippen LogP contribution in [0.3, 0.4) is 0 Å². The van der Waals surface area contributed by atoms with Gasteiger partial charge in [0.15, 0.2) is 0 Å². The summed E-state index contributed by atoms with van der Waals surface area (Å²) >= 11 is 0. The van der Waals surface area contributed by atoms with Crippen molar-refractivity contribution >= 4 is 17.7 Å². The summed E-state index contributed by atoms with van der Waals surface area (Å²) in [6, 6.07) is 7.19. The molecule has 3 N–H and O–H groups in total. The van der Waals surface area contributed by atoms with Gasteiger partial charge in [-0.2, -0.15) is 0 Å². The van der Waals surface area contributed by atoms with E-state index in [0.29, 0.717) is 43.7 Å². The summed E-state index contributed by atoms with van der Waals surface area (Å²) in [6.45, 7) is 2.85. The lowest BCUT2D eigenvalue weighted by atomic mass is 10.0. The van der Waals surface area contributed by atoms with E-state index in [-0.39, 0.29) is 23.8 Å². The first-order valence-electron chi connectivity index (χ1n) is 9.28. The summed E-state index contributed by atoms with van der Waals surface area (Å²) in [5.41, 5.74) is 6.38. The third-order valence-corrected chi connectivity index (χ3v) is 5.14. The molecule has 3 rings (SSSR count). The fraction of sp³-hybridized carbons (Fsp3) is 0.526. The number of nitrogens with zero attached hydrogens (tertiary/aromatic N) is 2. The van der Waals surface area contributed by atoms with Gasteiger partial charge >= 0.3 is 0 Å². The van der Waals surface area contributed by atoms with Crippen molar-refractivity contribution in [1.29, 1.82) is 0 Å². The molecular formula is C19H26N4O3. The van der Waals surface area contributed by atoms with Gasteiger partial charge in [-0.25, -0.2) is 0 Å². The van der Waals surface area contributed by atoms with E-state index in [9.17, 15) is 14.4 Å². The minimum Gasteiger partial charge on any atom is -0.354 e. The van der Waals surface area contributed by atoms with Crippen LogP contribution in [0.15, 0.2) is 24.3 Å². The molecule has 0 bridgehead atoms. The molecule has 0 aromatic heterocycles. The van der Waals surface area contributed by atoms with Crippen molar-refractivity contribution < 1.29 is 14.4 Å². The Balaban J connectivity index is 1.57. The van der Waals surface area contributed by atoms with E-state index >= 15 is 0 Å². The maximum Gasteiger partial charge on any atom is 0.261 e. The Morgan fingerprint density at radius 1 is 1.12 bits per heavy atom. The van der Waals surface area contributed by atoms with Gasteiger partial charge in [-0.3, -0.25) is 24.2 Å². The summed E-state index contributed by atoms with van der Waals surface area (Å²) in [5.74, 6) is -0.454. The maximum absolute atomic E-state index is 12.5. The largest absolute Gasteiger partial charge is 0.354 e. The van der Waals surface area contributed by atoms with Crippen molar-refractivity contribution in [3.05, 3.63) is 35.4 Å². The van der Waals surface area contributed by atoms with Crippen molar-refractivity contribution in [1.82, 2.24) is 15.1 Å². The van der Waals surface area contributed by atoms with Crippen LogP contribution in [-0.2, 0) is 4.79 Å². The predicted molar refractivity (Wildman–Crippen MR) is 97.7 cm³/mol. The van der Waals surface area contributed by atoms with Gasteiger partial charge in [0.25, 0.3) is 11.8 Å². The van der Waals surface area contributed by atoms with E-state index in [1.165, 1.54) is 4.90 Å². The van der Waals surface area contributed by atoms with Crippen LogP contribution in [-0.4, -0.2) is 66.3 Å². The van der Waals surface area contributed by atoms with Gasteiger partial charge in [0, 0.05) is 38.6 Å². The van der Waals surface area contributed by atoms with E-state index < -0.39 is 0 Å². The third-order valence-electron chi connectivity index (χ3n) is 5.14. The first kappa shape index (κ1) is 18.5. The highest BCUT2D eigenvalue weighted by atomic mass is 16.2. The fourth-order valence-corrected chi connectivity index (χ4v) is 3.71. The molecule has 0 saturated carbocycles. The quantitative estimate of drug-likeness (QED) is 0.696. The second-order valence-corrected chi connectivity index (χ2v) is 6.84. The Labute approximate surface area is 153 Å². The molecule has 26 heavy (non-hydrogen) atoms. The minimum absolute atomic E-state index is 0.0293. The Hall–Kier alpha value is -2.25. The molecule has 2 aliphatic rings. The number of rotatable bonds is 7. The smallest absolute Gasteiger partial charge is 0.261 e. The highest BCUT2D eigenvalue weighted by Crippen LogP contribution is 2.23. The number of carbonyl (C=O) groups is 3. The summed E-state index contributed by atoms with van der Waals surface area (Å²) in [5, 5.41) is 2.93. The van der Waals surface area contributed by atoms with Gasteiger partial charge in [-0.05, 0) is 31.5 Å². The summed E-state index contributed by atoms with van der Waals surface area (Å²) < 4.78 is 0. The topological polar surface area (TPSA) is 95.7 Å².